The minimum absolute atomic E-state index is 0.0934. The van der Waals surface area contributed by atoms with Crippen LogP contribution in [0.4, 0.5) is 10.5 Å². The summed E-state index contributed by atoms with van der Waals surface area (Å²) >= 11 is 0. The van der Waals surface area contributed by atoms with Crippen LogP contribution in [0.5, 0.6) is 5.75 Å². The van der Waals surface area contributed by atoms with Crippen LogP contribution in [-0.4, -0.2) is 38.0 Å². The van der Waals surface area contributed by atoms with E-state index in [-0.39, 0.29) is 12.5 Å². The van der Waals surface area contributed by atoms with Gasteiger partial charge >= 0.3 is 6.09 Å². The van der Waals surface area contributed by atoms with Crippen molar-refractivity contribution >= 4 is 23.4 Å². The number of amides is 2. The molecule has 32 heavy (non-hydrogen) atoms. The zero-order valence-electron chi connectivity index (χ0n) is 17.8. The molecule has 1 heterocycles. The number of carbonyl (C=O) groups is 2. The van der Waals surface area contributed by atoms with Crippen molar-refractivity contribution in [2.75, 3.05) is 19.1 Å². The highest BCUT2D eigenvalue weighted by Gasteiger charge is 2.31. The molecule has 0 fully saturated rings. The van der Waals surface area contributed by atoms with Crippen molar-refractivity contribution in [3.63, 3.8) is 0 Å². The number of ether oxygens (including phenoxy) is 2. The number of rotatable bonds is 5. The summed E-state index contributed by atoms with van der Waals surface area (Å²) in [7, 11) is 3.25. The molecule has 1 atom stereocenters. The van der Waals surface area contributed by atoms with Crippen LogP contribution in [0.1, 0.15) is 16.7 Å². The lowest BCUT2D eigenvalue weighted by molar-refractivity contribution is -0.120. The smallest absolute Gasteiger partial charge is 0.409 e. The fraction of sp³-hybridized carbons (Fsp3) is 0.160. The molecule has 7 nitrogen and oxygen atoms in total. The number of carbonyl (C=O) groups excluding carboxylic acids is 2. The van der Waals surface area contributed by atoms with Crippen molar-refractivity contribution < 1.29 is 19.1 Å². The van der Waals surface area contributed by atoms with Gasteiger partial charge in [0, 0.05) is 18.2 Å². The number of benzene rings is 3. The van der Waals surface area contributed by atoms with Crippen molar-refractivity contribution in [1.29, 1.82) is 0 Å². The molecule has 0 saturated heterocycles. The Morgan fingerprint density at radius 2 is 1.78 bits per heavy atom. The molecule has 2 amide bonds. The Labute approximate surface area is 186 Å². The lowest BCUT2D eigenvalue weighted by Gasteiger charge is -2.20. The standard InChI is InChI=1S/C25H23N3O4/c1-28-21-14-7-6-13-20(21)22(18-11-8-12-19(15-18)31-2)26-23(24(28)29)27-25(30)32-16-17-9-4-3-5-10-17/h3-15,23H,16H2,1-2H3,(H,27,30). The average Bonchev–Trinajstić information content (AvgIpc) is 2.94. The van der Waals surface area contributed by atoms with Crippen molar-refractivity contribution in [2.24, 2.45) is 4.99 Å². The fourth-order valence-corrected chi connectivity index (χ4v) is 3.49. The molecule has 0 bridgehead atoms. The van der Waals surface area contributed by atoms with E-state index in [0.29, 0.717) is 17.1 Å². The Morgan fingerprint density at radius 3 is 2.56 bits per heavy atom. The molecule has 4 rings (SSSR count). The van der Waals surface area contributed by atoms with Crippen LogP contribution in [0.15, 0.2) is 83.9 Å². The third kappa shape index (κ3) is 4.46. The molecule has 7 heteroatoms. The van der Waals surface area contributed by atoms with E-state index >= 15 is 0 Å². The van der Waals surface area contributed by atoms with E-state index in [1.54, 1.807) is 14.2 Å². The van der Waals surface area contributed by atoms with Gasteiger partial charge in [-0.05, 0) is 23.8 Å². The minimum Gasteiger partial charge on any atom is -0.497 e. The Balaban J connectivity index is 1.66. The Bertz CT molecular complexity index is 1160. The second-order valence-corrected chi connectivity index (χ2v) is 7.23. The quantitative estimate of drug-likeness (QED) is 0.670. The summed E-state index contributed by atoms with van der Waals surface area (Å²) in [5, 5.41) is 2.60. The first-order valence-electron chi connectivity index (χ1n) is 10.1. The molecule has 0 saturated carbocycles. The largest absolute Gasteiger partial charge is 0.497 e. The van der Waals surface area contributed by atoms with Gasteiger partial charge in [0.1, 0.15) is 12.4 Å². The number of likely N-dealkylation sites (N-methyl/N-ethyl adjacent to an activating group) is 1. The van der Waals surface area contributed by atoms with Gasteiger partial charge in [0.05, 0.1) is 18.5 Å². The van der Waals surface area contributed by atoms with E-state index in [4.69, 9.17) is 9.47 Å². The number of hydrogen-bond acceptors (Lipinski definition) is 5. The van der Waals surface area contributed by atoms with Crippen LogP contribution in [0.25, 0.3) is 0 Å². The molecule has 1 N–H and O–H groups in total. The van der Waals surface area contributed by atoms with Crippen molar-refractivity contribution in [3.05, 3.63) is 95.6 Å². The molecule has 1 aliphatic rings. The fourth-order valence-electron chi connectivity index (χ4n) is 3.49. The highest BCUT2D eigenvalue weighted by atomic mass is 16.5. The van der Waals surface area contributed by atoms with E-state index in [1.807, 2.05) is 78.9 Å². The van der Waals surface area contributed by atoms with Gasteiger partial charge in [-0.1, -0.05) is 60.7 Å². The first kappa shape index (κ1) is 21.1. The predicted molar refractivity (Wildman–Crippen MR) is 122 cm³/mol. The molecular formula is C25H23N3O4. The van der Waals surface area contributed by atoms with E-state index in [1.165, 1.54) is 4.90 Å². The summed E-state index contributed by atoms with van der Waals surface area (Å²) in [4.78, 5) is 31.8. The summed E-state index contributed by atoms with van der Waals surface area (Å²) in [5.74, 6) is 0.297. The maximum absolute atomic E-state index is 13.1. The minimum atomic E-state index is -1.14. The van der Waals surface area contributed by atoms with Gasteiger partial charge in [-0.15, -0.1) is 0 Å². The third-order valence-corrected chi connectivity index (χ3v) is 5.15. The van der Waals surface area contributed by atoms with Gasteiger partial charge in [-0.3, -0.25) is 10.1 Å². The van der Waals surface area contributed by atoms with Crippen LogP contribution in [0.3, 0.4) is 0 Å². The number of anilines is 1. The van der Waals surface area contributed by atoms with E-state index in [2.05, 4.69) is 10.3 Å². The molecule has 3 aromatic rings. The van der Waals surface area contributed by atoms with E-state index in [0.717, 1.165) is 16.7 Å². The second-order valence-electron chi connectivity index (χ2n) is 7.23. The number of para-hydroxylation sites is 1. The van der Waals surface area contributed by atoms with Gasteiger partial charge < -0.3 is 14.4 Å². The van der Waals surface area contributed by atoms with Gasteiger partial charge in [-0.25, -0.2) is 9.79 Å². The maximum Gasteiger partial charge on any atom is 0.409 e. The monoisotopic (exact) mass is 429 g/mol. The number of nitrogens with one attached hydrogen (secondary N) is 1. The molecule has 0 aromatic heterocycles. The lowest BCUT2D eigenvalue weighted by Crippen LogP contribution is -2.46. The van der Waals surface area contributed by atoms with Gasteiger partial charge in [0.25, 0.3) is 5.91 Å². The second kappa shape index (κ2) is 9.34. The summed E-state index contributed by atoms with van der Waals surface area (Å²) in [6, 6.07) is 24.2. The number of alkyl carbamates (subject to hydrolysis) is 1. The Hall–Kier alpha value is -4.13. The van der Waals surface area contributed by atoms with Crippen LogP contribution >= 0.6 is 0 Å². The van der Waals surface area contributed by atoms with Crippen LogP contribution < -0.4 is 15.0 Å². The molecule has 1 aliphatic heterocycles. The molecule has 0 aliphatic carbocycles. The molecular weight excluding hydrogens is 406 g/mol. The van der Waals surface area contributed by atoms with Crippen LogP contribution in [0.2, 0.25) is 0 Å². The van der Waals surface area contributed by atoms with Gasteiger partial charge in [-0.2, -0.15) is 0 Å². The Kier molecular flexibility index (Phi) is 6.17. The first-order valence-corrected chi connectivity index (χ1v) is 10.1. The van der Waals surface area contributed by atoms with Crippen molar-refractivity contribution in [2.45, 2.75) is 12.8 Å². The number of methoxy groups -OCH3 is 1. The molecule has 3 aromatic carbocycles. The SMILES string of the molecule is COc1cccc(C2=NC(NC(=O)OCc3ccccc3)C(=O)N(C)c3ccccc32)c1. The molecule has 0 radical (unpaired) electrons. The lowest BCUT2D eigenvalue weighted by atomic mass is 10.00. The zero-order valence-corrected chi connectivity index (χ0v) is 17.8. The topological polar surface area (TPSA) is 80.2 Å². The number of aliphatic imine (C=N–C) groups is 1. The Morgan fingerprint density at radius 1 is 1.03 bits per heavy atom. The first-order chi connectivity index (χ1) is 15.6. The maximum atomic E-state index is 13.1. The summed E-state index contributed by atoms with van der Waals surface area (Å²) in [6.07, 6.45) is -1.86. The number of fused-ring (bicyclic) bond motifs is 1. The van der Waals surface area contributed by atoms with Crippen LogP contribution in [-0.2, 0) is 16.1 Å². The third-order valence-electron chi connectivity index (χ3n) is 5.15. The van der Waals surface area contributed by atoms with Crippen LogP contribution in [0, 0.1) is 0 Å². The highest BCUT2D eigenvalue weighted by molar-refractivity contribution is 6.20. The van der Waals surface area contributed by atoms with Gasteiger partial charge in [0.2, 0.25) is 6.17 Å². The zero-order chi connectivity index (χ0) is 22.5. The van der Waals surface area contributed by atoms with E-state index in [9.17, 15) is 9.59 Å². The van der Waals surface area contributed by atoms with E-state index < -0.39 is 12.3 Å². The predicted octanol–water partition coefficient (Wildman–Crippen LogP) is 3.76. The molecule has 162 valence electrons. The van der Waals surface area contributed by atoms with Gasteiger partial charge in [0.15, 0.2) is 0 Å². The summed E-state index contributed by atoms with van der Waals surface area (Å²) in [6.45, 7) is 0.0934. The molecule has 1 unspecified atom stereocenters. The average molecular weight is 429 g/mol. The summed E-state index contributed by atoms with van der Waals surface area (Å²) in [5.41, 5.74) is 3.66. The molecule has 0 spiro atoms. The highest BCUT2D eigenvalue weighted by Crippen LogP contribution is 2.28. The summed E-state index contributed by atoms with van der Waals surface area (Å²) < 4.78 is 10.7. The number of benzodiazepines with no additional fused rings is 1. The van der Waals surface area contributed by atoms with Crippen molar-refractivity contribution in [1.82, 2.24) is 5.32 Å². The van der Waals surface area contributed by atoms with Crippen molar-refractivity contribution in [3.8, 4) is 5.75 Å². The normalized spacial score (nSPS) is 15.3. The number of nitrogens with zero attached hydrogens (tertiary/aromatic N) is 2. The number of hydrogen-bond donors (Lipinski definition) is 1.